The van der Waals surface area contributed by atoms with Crippen molar-refractivity contribution in [2.45, 2.75) is 52.5 Å². The maximum absolute atomic E-state index is 4.59. The summed E-state index contributed by atoms with van der Waals surface area (Å²) in [6, 6.07) is 0. The third-order valence-electron chi connectivity index (χ3n) is 4.03. The van der Waals surface area contributed by atoms with Gasteiger partial charge in [-0.1, -0.05) is 20.8 Å². The summed E-state index contributed by atoms with van der Waals surface area (Å²) in [5.41, 5.74) is 1.62. The summed E-state index contributed by atoms with van der Waals surface area (Å²) in [6.45, 7) is 9.43. The largest absolute Gasteiger partial charge is 0.363 e. The Kier molecular flexibility index (Phi) is 4.42. The molecule has 0 saturated carbocycles. The predicted octanol–water partition coefficient (Wildman–Crippen LogP) is 3.17. The first kappa shape index (κ1) is 14.6. The molecule has 0 spiro atoms. The van der Waals surface area contributed by atoms with Gasteiger partial charge in [0.15, 0.2) is 11.5 Å². The number of aromatic nitrogens is 4. The van der Waals surface area contributed by atoms with E-state index >= 15 is 0 Å². The SMILES string of the molecule is CCNc1nc(NC(CC)(CC)CC)c2[nH]cnc2n1. The van der Waals surface area contributed by atoms with Crippen LogP contribution in [-0.4, -0.2) is 32.0 Å². The molecule has 20 heavy (non-hydrogen) atoms. The van der Waals surface area contributed by atoms with Gasteiger partial charge in [-0.15, -0.1) is 0 Å². The minimum atomic E-state index is 0.0654. The average molecular weight is 276 g/mol. The summed E-state index contributed by atoms with van der Waals surface area (Å²) < 4.78 is 0. The lowest BCUT2D eigenvalue weighted by molar-refractivity contribution is 0.419. The molecule has 0 aromatic carbocycles. The lowest BCUT2D eigenvalue weighted by Gasteiger charge is -2.32. The van der Waals surface area contributed by atoms with Gasteiger partial charge in [0.25, 0.3) is 0 Å². The fourth-order valence-corrected chi connectivity index (χ4v) is 2.43. The second-order valence-electron chi connectivity index (χ2n) is 4.99. The van der Waals surface area contributed by atoms with E-state index in [1.54, 1.807) is 6.33 Å². The van der Waals surface area contributed by atoms with E-state index in [0.29, 0.717) is 11.6 Å². The lowest BCUT2D eigenvalue weighted by atomic mass is 9.90. The first-order valence-corrected chi connectivity index (χ1v) is 7.41. The van der Waals surface area contributed by atoms with Crippen LogP contribution in [0, 0.1) is 0 Å². The van der Waals surface area contributed by atoms with E-state index in [0.717, 1.165) is 37.1 Å². The normalized spacial score (nSPS) is 11.8. The van der Waals surface area contributed by atoms with Crippen LogP contribution in [0.3, 0.4) is 0 Å². The molecule has 0 fully saturated rings. The highest BCUT2D eigenvalue weighted by Gasteiger charge is 2.25. The zero-order valence-corrected chi connectivity index (χ0v) is 12.7. The van der Waals surface area contributed by atoms with Crippen LogP contribution < -0.4 is 10.6 Å². The molecule has 2 aromatic rings. The number of nitrogens with zero attached hydrogens (tertiary/aromatic N) is 3. The Morgan fingerprint density at radius 2 is 1.80 bits per heavy atom. The summed E-state index contributed by atoms with van der Waals surface area (Å²) in [5.74, 6) is 1.45. The molecule has 0 atom stereocenters. The van der Waals surface area contributed by atoms with Gasteiger partial charge in [-0.3, -0.25) is 0 Å². The summed E-state index contributed by atoms with van der Waals surface area (Å²) in [7, 11) is 0. The summed E-state index contributed by atoms with van der Waals surface area (Å²) in [6.07, 6.45) is 4.81. The molecule has 0 aliphatic rings. The van der Waals surface area contributed by atoms with Crippen LogP contribution in [-0.2, 0) is 0 Å². The minimum absolute atomic E-state index is 0.0654. The van der Waals surface area contributed by atoms with Crippen molar-refractivity contribution >= 4 is 22.9 Å². The van der Waals surface area contributed by atoms with Gasteiger partial charge >= 0.3 is 0 Å². The van der Waals surface area contributed by atoms with Gasteiger partial charge in [-0.25, -0.2) is 4.98 Å². The van der Waals surface area contributed by atoms with E-state index in [-0.39, 0.29) is 5.54 Å². The van der Waals surface area contributed by atoms with Crippen LogP contribution in [0.15, 0.2) is 6.33 Å². The number of fused-ring (bicyclic) bond motifs is 1. The van der Waals surface area contributed by atoms with Crippen molar-refractivity contribution in [1.82, 2.24) is 19.9 Å². The molecule has 6 nitrogen and oxygen atoms in total. The number of aromatic amines is 1. The van der Waals surface area contributed by atoms with Gasteiger partial charge in [0.1, 0.15) is 5.52 Å². The number of imidazole rings is 1. The van der Waals surface area contributed by atoms with Crippen LogP contribution in [0.4, 0.5) is 11.8 Å². The Bertz CT molecular complexity index is 550. The Labute approximate surface area is 119 Å². The molecule has 110 valence electrons. The number of rotatable bonds is 7. The van der Waals surface area contributed by atoms with Gasteiger partial charge in [0, 0.05) is 12.1 Å². The van der Waals surface area contributed by atoms with Crippen molar-refractivity contribution in [3.63, 3.8) is 0 Å². The molecule has 6 heteroatoms. The second-order valence-corrected chi connectivity index (χ2v) is 4.99. The summed E-state index contributed by atoms with van der Waals surface area (Å²) in [4.78, 5) is 16.3. The van der Waals surface area contributed by atoms with Gasteiger partial charge in [-0.2, -0.15) is 9.97 Å². The van der Waals surface area contributed by atoms with Gasteiger partial charge < -0.3 is 15.6 Å². The van der Waals surface area contributed by atoms with Crippen molar-refractivity contribution in [3.05, 3.63) is 6.33 Å². The molecule has 0 unspecified atom stereocenters. The molecule has 0 amide bonds. The monoisotopic (exact) mass is 276 g/mol. The molecule has 0 aliphatic heterocycles. The Hall–Kier alpha value is -1.85. The van der Waals surface area contributed by atoms with E-state index < -0.39 is 0 Å². The zero-order chi connectivity index (χ0) is 14.6. The molecule has 2 heterocycles. The van der Waals surface area contributed by atoms with E-state index in [1.807, 2.05) is 6.92 Å². The third kappa shape index (κ3) is 2.69. The number of H-pyrrole nitrogens is 1. The zero-order valence-electron chi connectivity index (χ0n) is 12.7. The fraction of sp³-hybridized carbons (Fsp3) is 0.643. The molecule has 3 N–H and O–H groups in total. The first-order chi connectivity index (χ1) is 9.68. The first-order valence-electron chi connectivity index (χ1n) is 7.41. The number of anilines is 2. The number of hydrogen-bond acceptors (Lipinski definition) is 5. The minimum Gasteiger partial charge on any atom is -0.363 e. The Morgan fingerprint density at radius 3 is 2.40 bits per heavy atom. The molecular formula is C14H24N6. The van der Waals surface area contributed by atoms with E-state index in [9.17, 15) is 0 Å². The van der Waals surface area contributed by atoms with Crippen LogP contribution in [0.25, 0.3) is 11.2 Å². The molecule has 0 saturated heterocycles. The van der Waals surface area contributed by atoms with Crippen molar-refractivity contribution in [3.8, 4) is 0 Å². The molecule has 0 bridgehead atoms. The van der Waals surface area contributed by atoms with Crippen molar-refractivity contribution < 1.29 is 0 Å². The third-order valence-corrected chi connectivity index (χ3v) is 4.03. The molecule has 2 aromatic heterocycles. The quantitative estimate of drug-likeness (QED) is 0.724. The maximum atomic E-state index is 4.59. The highest BCUT2D eigenvalue weighted by molar-refractivity contribution is 5.84. The molecular weight excluding hydrogens is 252 g/mol. The summed E-state index contributed by atoms with van der Waals surface area (Å²) >= 11 is 0. The van der Waals surface area contributed by atoms with Gasteiger partial charge in [0.2, 0.25) is 5.95 Å². The highest BCUT2D eigenvalue weighted by Crippen LogP contribution is 2.28. The highest BCUT2D eigenvalue weighted by atomic mass is 15.2. The predicted molar refractivity (Wildman–Crippen MR) is 83.1 cm³/mol. The van der Waals surface area contributed by atoms with E-state index in [4.69, 9.17) is 0 Å². The number of hydrogen-bond donors (Lipinski definition) is 3. The topological polar surface area (TPSA) is 78.5 Å². The van der Waals surface area contributed by atoms with Crippen LogP contribution in [0.1, 0.15) is 47.0 Å². The maximum Gasteiger partial charge on any atom is 0.226 e. The smallest absolute Gasteiger partial charge is 0.226 e. The Morgan fingerprint density at radius 1 is 1.10 bits per heavy atom. The van der Waals surface area contributed by atoms with Crippen LogP contribution in [0.2, 0.25) is 0 Å². The second kappa shape index (κ2) is 6.07. The molecule has 0 radical (unpaired) electrons. The lowest BCUT2D eigenvalue weighted by Crippen LogP contribution is -2.36. The van der Waals surface area contributed by atoms with Crippen LogP contribution in [0.5, 0.6) is 0 Å². The van der Waals surface area contributed by atoms with Crippen molar-refractivity contribution in [2.24, 2.45) is 0 Å². The summed E-state index contributed by atoms with van der Waals surface area (Å²) in [5, 5.41) is 6.76. The standard InChI is InChI=1S/C14H24N6/c1-5-14(6-2,7-3)20-12-10-11(17-9-16-10)18-13(19-12)15-8-4/h9H,5-8H2,1-4H3,(H3,15,16,17,18,19,20). The van der Waals surface area contributed by atoms with E-state index in [1.165, 1.54) is 0 Å². The fourth-order valence-electron chi connectivity index (χ4n) is 2.43. The van der Waals surface area contributed by atoms with Crippen LogP contribution >= 0.6 is 0 Å². The Balaban J connectivity index is 2.43. The van der Waals surface area contributed by atoms with Gasteiger partial charge in [0.05, 0.1) is 6.33 Å². The number of nitrogens with one attached hydrogen (secondary N) is 3. The van der Waals surface area contributed by atoms with Gasteiger partial charge in [-0.05, 0) is 26.2 Å². The van der Waals surface area contributed by atoms with Crippen molar-refractivity contribution in [1.29, 1.82) is 0 Å². The molecule has 2 rings (SSSR count). The van der Waals surface area contributed by atoms with Crippen molar-refractivity contribution in [2.75, 3.05) is 17.2 Å². The van der Waals surface area contributed by atoms with E-state index in [2.05, 4.69) is 51.3 Å². The average Bonchev–Trinajstić information content (AvgIpc) is 2.94. The molecule has 0 aliphatic carbocycles.